The largest absolute Gasteiger partial charge is 0.480 e. The smallest absolute Gasteiger partial charge is 0.321 e. The van der Waals surface area contributed by atoms with Gasteiger partial charge in [0.1, 0.15) is 6.04 Å². The molecule has 0 aliphatic carbocycles. The van der Waals surface area contributed by atoms with Crippen LogP contribution in [-0.2, 0) is 16.1 Å². The fourth-order valence-corrected chi connectivity index (χ4v) is 3.15. The maximum absolute atomic E-state index is 12.3. The highest BCUT2D eigenvalue weighted by atomic mass is 16.4. The van der Waals surface area contributed by atoms with E-state index in [1.165, 1.54) is 4.90 Å². The number of fused-ring (bicyclic) bond motifs is 3. The van der Waals surface area contributed by atoms with Crippen molar-refractivity contribution in [2.75, 3.05) is 11.9 Å². The van der Waals surface area contributed by atoms with Gasteiger partial charge in [0.25, 0.3) is 0 Å². The minimum atomic E-state index is -1.19. The average Bonchev–Trinajstić information content (AvgIpc) is 2.93. The number of nitrogens with zero attached hydrogens (tertiary/aromatic N) is 2. The summed E-state index contributed by atoms with van der Waals surface area (Å²) >= 11 is 0. The zero-order valence-electron chi connectivity index (χ0n) is 14.3. The van der Waals surface area contributed by atoms with Crippen molar-refractivity contribution in [3.05, 3.63) is 42.5 Å². The van der Waals surface area contributed by atoms with E-state index in [-0.39, 0.29) is 12.3 Å². The normalized spacial score (nSPS) is 12.4. The molecule has 0 unspecified atom stereocenters. The number of aryl methyl sites for hydroxylation is 1. The third-order valence-corrected chi connectivity index (χ3v) is 4.55. The number of benzene rings is 2. The summed E-state index contributed by atoms with van der Waals surface area (Å²) in [7, 11) is 1.64. The van der Waals surface area contributed by atoms with Gasteiger partial charge in [-0.3, -0.25) is 9.59 Å². The molecular weight excluding hydrogens is 318 g/mol. The lowest BCUT2D eigenvalue weighted by Crippen LogP contribution is -2.37. The van der Waals surface area contributed by atoms with E-state index < -0.39 is 12.0 Å². The quantitative estimate of drug-likeness (QED) is 0.748. The van der Waals surface area contributed by atoms with Gasteiger partial charge in [0.15, 0.2) is 0 Å². The minimum Gasteiger partial charge on any atom is -0.480 e. The van der Waals surface area contributed by atoms with Crippen LogP contribution in [0.2, 0.25) is 0 Å². The molecule has 1 atom stereocenters. The van der Waals surface area contributed by atoms with E-state index in [9.17, 15) is 9.59 Å². The van der Waals surface area contributed by atoms with Crippen LogP contribution in [0.5, 0.6) is 0 Å². The highest BCUT2D eigenvalue weighted by Gasteiger charge is 2.20. The van der Waals surface area contributed by atoms with E-state index in [1.54, 1.807) is 7.05 Å². The molecule has 1 heterocycles. The number of carboxylic acids is 1. The Labute approximate surface area is 145 Å². The molecule has 0 saturated carbocycles. The molecule has 1 aromatic heterocycles. The Hall–Kier alpha value is -2.86. The molecule has 0 saturated heterocycles. The van der Waals surface area contributed by atoms with E-state index in [0.717, 1.165) is 28.4 Å². The maximum atomic E-state index is 12.3. The summed E-state index contributed by atoms with van der Waals surface area (Å²) in [6.07, 6.45) is -0.236. The number of para-hydroxylation sites is 1. The van der Waals surface area contributed by atoms with Crippen LogP contribution in [0.3, 0.4) is 0 Å². The number of rotatable bonds is 5. The first-order valence-electron chi connectivity index (χ1n) is 8.20. The number of hydrogen-bond donors (Lipinski definition) is 2. The summed E-state index contributed by atoms with van der Waals surface area (Å²) in [6, 6.07) is 12.8. The van der Waals surface area contributed by atoms with Crippen molar-refractivity contribution in [2.24, 2.45) is 5.73 Å². The number of carbonyl (C=O) groups is 2. The van der Waals surface area contributed by atoms with E-state index in [2.05, 4.69) is 23.6 Å². The molecule has 0 bridgehead atoms. The number of hydrogen-bond acceptors (Lipinski definition) is 3. The summed E-state index contributed by atoms with van der Waals surface area (Å²) in [5.41, 5.74) is 8.44. The first-order valence-corrected chi connectivity index (χ1v) is 8.20. The lowest BCUT2D eigenvalue weighted by atomic mass is 10.1. The SMILES string of the molecule is CCn1c2ccccc2c2cc(N(C)C(=O)C[C@H](N)C(=O)O)ccc21. The average molecular weight is 339 g/mol. The highest BCUT2D eigenvalue weighted by molar-refractivity contribution is 6.10. The maximum Gasteiger partial charge on any atom is 0.321 e. The molecule has 130 valence electrons. The Morgan fingerprint density at radius 1 is 1.16 bits per heavy atom. The van der Waals surface area contributed by atoms with Crippen molar-refractivity contribution in [3.8, 4) is 0 Å². The fraction of sp³-hybridized carbons (Fsp3) is 0.263. The molecule has 25 heavy (non-hydrogen) atoms. The van der Waals surface area contributed by atoms with Crippen molar-refractivity contribution in [2.45, 2.75) is 25.9 Å². The Kier molecular flexibility index (Phi) is 4.46. The summed E-state index contributed by atoms with van der Waals surface area (Å²) in [5, 5.41) is 11.1. The van der Waals surface area contributed by atoms with Crippen LogP contribution in [0.1, 0.15) is 13.3 Å². The zero-order valence-corrected chi connectivity index (χ0v) is 14.3. The molecule has 6 nitrogen and oxygen atoms in total. The van der Waals surface area contributed by atoms with E-state index >= 15 is 0 Å². The zero-order chi connectivity index (χ0) is 18.1. The molecule has 2 aromatic carbocycles. The number of carbonyl (C=O) groups excluding carboxylic acids is 1. The second-order valence-electron chi connectivity index (χ2n) is 6.06. The van der Waals surface area contributed by atoms with Crippen molar-refractivity contribution in [1.29, 1.82) is 0 Å². The molecule has 6 heteroatoms. The van der Waals surface area contributed by atoms with Crippen LogP contribution in [0, 0.1) is 0 Å². The topological polar surface area (TPSA) is 88.6 Å². The van der Waals surface area contributed by atoms with Gasteiger partial charge in [-0.15, -0.1) is 0 Å². The molecule has 0 aliphatic heterocycles. The number of nitrogens with two attached hydrogens (primary N) is 1. The number of aliphatic carboxylic acids is 1. The van der Waals surface area contributed by atoms with E-state index in [1.807, 2.05) is 30.3 Å². The molecule has 3 aromatic rings. The highest BCUT2D eigenvalue weighted by Crippen LogP contribution is 2.31. The minimum absolute atomic E-state index is 0.236. The van der Waals surface area contributed by atoms with Gasteiger partial charge in [0.2, 0.25) is 5.91 Å². The van der Waals surface area contributed by atoms with Crippen LogP contribution in [-0.4, -0.2) is 34.6 Å². The molecule has 0 spiro atoms. The summed E-state index contributed by atoms with van der Waals surface area (Å²) in [6.45, 7) is 2.95. The Morgan fingerprint density at radius 2 is 1.84 bits per heavy atom. The van der Waals surface area contributed by atoms with Gasteiger partial charge < -0.3 is 20.3 Å². The Balaban J connectivity index is 2.02. The molecule has 0 aliphatic rings. The van der Waals surface area contributed by atoms with E-state index in [4.69, 9.17) is 10.8 Å². The second-order valence-corrected chi connectivity index (χ2v) is 6.06. The monoisotopic (exact) mass is 339 g/mol. The number of carboxylic acid groups (broad SMARTS) is 1. The number of anilines is 1. The van der Waals surface area contributed by atoms with Gasteiger partial charge in [-0.2, -0.15) is 0 Å². The molecular formula is C19H21N3O3. The van der Waals surface area contributed by atoms with Crippen LogP contribution in [0.25, 0.3) is 21.8 Å². The van der Waals surface area contributed by atoms with Crippen LogP contribution in [0.15, 0.2) is 42.5 Å². The predicted octanol–water partition coefficient (Wildman–Crippen LogP) is 2.58. The standard InChI is InChI=1S/C19H21N3O3/c1-3-22-16-7-5-4-6-13(16)14-10-12(8-9-17(14)22)21(2)18(23)11-15(20)19(24)25/h4-10,15H,3,11,20H2,1-2H3,(H,24,25)/t15-/m0/s1. The van der Waals surface area contributed by atoms with Crippen molar-refractivity contribution in [1.82, 2.24) is 4.57 Å². The first kappa shape index (κ1) is 17.0. The summed E-state index contributed by atoms with van der Waals surface area (Å²) in [4.78, 5) is 24.6. The molecule has 3 rings (SSSR count). The summed E-state index contributed by atoms with van der Waals surface area (Å²) < 4.78 is 2.23. The first-order chi connectivity index (χ1) is 11.9. The van der Waals surface area contributed by atoms with Crippen molar-refractivity contribution in [3.63, 3.8) is 0 Å². The van der Waals surface area contributed by atoms with Crippen molar-refractivity contribution < 1.29 is 14.7 Å². The van der Waals surface area contributed by atoms with Gasteiger partial charge in [0.05, 0.1) is 6.42 Å². The summed E-state index contributed by atoms with van der Waals surface area (Å²) in [5.74, 6) is -1.50. The van der Waals surface area contributed by atoms with Gasteiger partial charge in [-0.25, -0.2) is 0 Å². The molecule has 1 amide bonds. The Morgan fingerprint density at radius 3 is 2.52 bits per heavy atom. The molecule has 3 N–H and O–H groups in total. The third-order valence-electron chi connectivity index (χ3n) is 4.55. The molecule has 0 fully saturated rings. The number of aromatic nitrogens is 1. The lowest BCUT2D eigenvalue weighted by Gasteiger charge is -2.19. The van der Waals surface area contributed by atoms with E-state index in [0.29, 0.717) is 5.69 Å². The Bertz CT molecular complexity index is 961. The van der Waals surface area contributed by atoms with Gasteiger partial charge >= 0.3 is 5.97 Å². The van der Waals surface area contributed by atoms with Crippen molar-refractivity contribution >= 4 is 39.4 Å². The van der Waals surface area contributed by atoms with Crippen LogP contribution >= 0.6 is 0 Å². The number of amides is 1. The van der Waals surface area contributed by atoms with Gasteiger partial charge in [-0.05, 0) is 31.2 Å². The molecule has 0 radical (unpaired) electrons. The lowest BCUT2D eigenvalue weighted by molar-refractivity contribution is -0.140. The van der Waals surface area contributed by atoms with Crippen LogP contribution in [0.4, 0.5) is 5.69 Å². The van der Waals surface area contributed by atoms with Gasteiger partial charge in [0, 0.05) is 41.1 Å². The predicted molar refractivity (Wildman–Crippen MR) is 98.8 cm³/mol. The fourth-order valence-electron chi connectivity index (χ4n) is 3.15. The van der Waals surface area contributed by atoms with Crippen LogP contribution < -0.4 is 10.6 Å². The second kappa shape index (κ2) is 6.57. The third kappa shape index (κ3) is 2.96. The van der Waals surface area contributed by atoms with Gasteiger partial charge in [-0.1, -0.05) is 18.2 Å².